The van der Waals surface area contributed by atoms with Gasteiger partial charge >= 0.3 is 0 Å². The average molecular weight is 288 g/mol. The van der Waals surface area contributed by atoms with E-state index in [0.717, 1.165) is 35.1 Å². The third kappa shape index (κ3) is 2.88. The van der Waals surface area contributed by atoms with Gasteiger partial charge in [-0.3, -0.25) is 4.79 Å². The number of ether oxygens (including phenoxy) is 1. The Labute approximate surface area is 123 Å². The van der Waals surface area contributed by atoms with Crippen molar-refractivity contribution in [2.45, 2.75) is 25.3 Å². The molecule has 0 unspecified atom stereocenters. The first-order valence-corrected chi connectivity index (χ1v) is 7.27. The van der Waals surface area contributed by atoms with Gasteiger partial charge in [0, 0.05) is 29.7 Å². The highest BCUT2D eigenvalue weighted by Gasteiger charge is 2.32. The minimum Gasteiger partial charge on any atom is -0.497 e. The summed E-state index contributed by atoms with van der Waals surface area (Å²) in [5.74, 6) is 0.862. The summed E-state index contributed by atoms with van der Waals surface area (Å²) in [6, 6.07) is 6.12. The number of hydrogen-bond donors (Lipinski definition) is 2. The summed E-state index contributed by atoms with van der Waals surface area (Å²) in [5.41, 5.74) is 1.97. The van der Waals surface area contributed by atoms with E-state index in [1.54, 1.807) is 12.0 Å². The molecule has 2 aromatic rings. The quantitative estimate of drug-likeness (QED) is 0.850. The summed E-state index contributed by atoms with van der Waals surface area (Å²) >= 11 is 0. The Morgan fingerprint density at radius 3 is 2.95 bits per heavy atom. The molecule has 0 bridgehead atoms. The number of nitrogens with zero attached hydrogens (tertiary/aromatic N) is 1. The molecule has 5 nitrogen and oxygen atoms in total. The Balaban J connectivity index is 1.81. The zero-order chi connectivity index (χ0) is 14.8. The molecule has 1 fully saturated rings. The highest BCUT2D eigenvalue weighted by molar-refractivity contribution is 5.90. The van der Waals surface area contributed by atoms with E-state index >= 15 is 0 Å². The molecule has 1 aliphatic rings. The normalized spacial score (nSPS) is 14.4. The lowest BCUT2D eigenvalue weighted by Gasteiger charge is -2.21. The summed E-state index contributed by atoms with van der Waals surface area (Å²) in [6.07, 6.45) is 4.33. The number of rotatable bonds is 6. The van der Waals surface area contributed by atoms with Gasteiger partial charge in [0.05, 0.1) is 20.1 Å². The van der Waals surface area contributed by atoms with Gasteiger partial charge in [0.2, 0.25) is 5.91 Å². The Morgan fingerprint density at radius 1 is 1.48 bits per heavy atom. The molecular weight excluding hydrogens is 268 g/mol. The van der Waals surface area contributed by atoms with Crippen LogP contribution >= 0.6 is 0 Å². The number of fused-ring (bicyclic) bond motifs is 1. The zero-order valence-corrected chi connectivity index (χ0v) is 12.1. The monoisotopic (exact) mass is 288 g/mol. The molecule has 5 heteroatoms. The van der Waals surface area contributed by atoms with Gasteiger partial charge in [-0.25, -0.2) is 0 Å². The Bertz CT molecular complexity index is 646. The predicted molar refractivity (Wildman–Crippen MR) is 80.4 cm³/mol. The first-order valence-electron chi connectivity index (χ1n) is 7.27. The van der Waals surface area contributed by atoms with Crippen LogP contribution in [0.25, 0.3) is 10.9 Å². The molecule has 2 N–H and O–H groups in total. The van der Waals surface area contributed by atoms with Crippen LogP contribution in [0, 0.1) is 0 Å². The largest absolute Gasteiger partial charge is 0.497 e. The van der Waals surface area contributed by atoms with Crippen LogP contribution in [-0.4, -0.2) is 47.2 Å². The number of carbonyl (C=O) groups excluding carboxylic acids is 1. The Kier molecular flexibility index (Phi) is 3.84. The van der Waals surface area contributed by atoms with Crippen molar-refractivity contribution in [1.82, 2.24) is 9.88 Å². The molecule has 0 saturated heterocycles. The van der Waals surface area contributed by atoms with Gasteiger partial charge in [0.25, 0.3) is 0 Å². The van der Waals surface area contributed by atoms with Crippen molar-refractivity contribution < 1.29 is 14.6 Å². The van der Waals surface area contributed by atoms with E-state index in [2.05, 4.69) is 4.98 Å². The van der Waals surface area contributed by atoms with E-state index in [1.165, 1.54) is 0 Å². The van der Waals surface area contributed by atoms with Crippen molar-refractivity contribution in [2.75, 3.05) is 20.3 Å². The zero-order valence-electron chi connectivity index (χ0n) is 12.1. The summed E-state index contributed by atoms with van der Waals surface area (Å²) in [5, 5.41) is 10.1. The van der Waals surface area contributed by atoms with Crippen LogP contribution in [0.5, 0.6) is 5.75 Å². The Hall–Kier alpha value is -2.01. The van der Waals surface area contributed by atoms with Crippen LogP contribution in [0.4, 0.5) is 0 Å². The second-order valence-electron chi connectivity index (χ2n) is 5.44. The van der Waals surface area contributed by atoms with Gasteiger partial charge in [-0.1, -0.05) is 0 Å². The molecule has 0 aliphatic heterocycles. The SMILES string of the molecule is COc1ccc2[nH]cc(CC(=O)N(CCO)C3CC3)c2c1. The fourth-order valence-corrected chi connectivity index (χ4v) is 2.70. The molecule has 1 saturated carbocycles. The minimum absolute atomic E-state index is 0.0178. The van der Waals surface area contributed by atoms with Crippen molar-refractivity contribution in [1.29, 1.82) is 0 Å². The summed E-state index contributed by atoms with van der Waals surface area (Å²) < 4.78 is 5.24. The van der Waals surface area contributed by atoms with Crippen LogP contribution < -0.4 is 4.74 Å². The first kappa shape index (κ1) is 13.9. The fraction of sp³-hybridized carbons (Fsp3) is 0.438. The number of aromatic nitrogens is 1. The molecule has 1 amide bonds. The van der Waals surface area contributed by atoms with Crippen LogP contribution in [0.2, 0.25) is 0 Å². The third-order valence-corrected chi connectivity index (χ3v) is 3.97. The van der Waals surface area contributed by atoms with E-state index in [4.69, 9.17) is 9.84 Å². The maximum absolute atomic E-state index is 12.4. The van der Waals surface area contributed by atoms with Gasteiger partial charge in [0.15, 0.2) is 0 Å². The van der Waals surface area contributed by atoms with E-state index < -0.39 is 0 Å². The van der Waals surface area contributed by atoms with Crippen molar-refractivity contribution in [3.05, 3.63) is 30.0 Å². The standard InChI is InChI=1S/C16H20N2O3/c1-21-13-4-5-15-14(9-13)11(10-17-15)8-16(20)18(6-7-19)12-2-3-12/h4-5,9-10,12,17,19H,2-3,6-8H2,1H3. The predicted octanol–water partition coefficient (Wildman–Crippen LogP) is 1.70. The summed E-state index contributed by atoms with van der Waals surface area (Å²) in [6.45, 7) is 0.444. The lowest BCUT2D eigenvalue weighted by Crippen LogP contribution is -2.36. The fourth-order valence-electron chi connectivity index (χ4n) is 2.70. The van der Waals surface area contributed by atoms with E-state index in [-0.39, 0.29) is 12.5 Å². The number of amides is 1. The lowest BCUT2D eigenvalue weighted by molar-refractivity contribution is -0.131. The molecule has 0 atom stereocenters. The lowest BCUT2D eigenvalue weighted by atomic mass is 10.1. The van der Waals surface area contributed by atoms with Crippen LogP contribution in [0.3, 0.4) is 0 Å². The minimum atomic E-state index is 0.0178. The second kappa shape index (κ2) is 5.77. The molecule has 1 heterocycles. The molecule has 0 spiro atoms. The van der Waals surface area contributed by atoms with Crippen molar-refractivity contribution >= 4 is 16.8 Å². The number of nitrogens with one attached hydrogen (secondary N) is 1. The number of benzene rings is 1. The smallest absolute Gasteiger partial charge is 0.227 e. The number of aliphatic hydroxyl groups excluding tert-OH is 1. The molecular formula is C16H20N2O3. The van der Waals surface area contributed by atoms with Crippen molar-refractivity contribution in [3.8, 4) is 5.75 Å². The van der Waals surface area contributed by atoms with Gasteiger partial charge < -0.3 is 19.7 Å². The van der Waals surface area contributed by atoms with Crippen molar-refractivity contribution in [3.63, 3.8) is 0 Å². The number of H-pyrrole nitrogens is 1. The second-order valence-corrected chi connectivity index (χ2v) is 5.44. The van der Waals surface area contributed by atoms with Crippen LogP contribution in [-0.2, 0) is 11.2 Å². The topological polar surface area (TPSA) is 65.6 Å². The number of aliphatic hydroxyl groups is 1. The van der Waals surface area contributed by atoms with E-state index in [0.29, 0.717) is 19.0 Å². The Morgan fingerprint density at radius 2 is 2.29 bits per heavy atom. The highest BCUT2D eigenvalue weighted by Crippen LogP contribution is 2.28. The first-order chi connectivity index (χ1) is 10.2. The van der Waals surface area contributed by atoms with Gasteiger partial charge in [-0.05, 0) is 36.6 Å². The molecule has 1 aliphatic carbocycles. The maximum atomic E-state index is 12.4. The average Bonchev–Trinajstić information content (AvgIpc) is 3.26. The maximum Gasteiger partial charge on any atom is 0.227 e. The highest BCUT2D eigenvalue weighted by atomic mass is 16.5. The number of aromatic amines is 1. The number of methoxy groups -OCH3 is 1. The van der Waals surface area contributed by atoms with E-state index in [9.17, 15) is 4.79 Å². The molecule has 21 heavy (non-hydrogen) atoms. The van der Waals surface area contributed by atoms with Gasteiger partial charge in [-0.2, -0.15) is 0 Å². The number of hydrogen-bond acceptors (Lipinski definition) is 3. The number of carbonyl (C=O) groups is 1. The van der Waals surface area contributed by atoms with Gasteiger partial charge in [-0.15, -0.1) is 0 Å². The van der Waals surface area contributed by atoms with E-state index in [1.807, 2.05) is 24.4 Å². The summed E-state index contributed by atoms with van der Waals surface area (Å²) in [7, 11) is 1.63. The third-order valence-electron chi connectivity index (χ3n) is 3.97. The molecule has 3 rings (SSSR count). The van der Waals surface area contributed by atoms with Crippen LogP contribution in [0.1, 0.15) is 18.4 Å². The molecule has 1 aromatic heterocycles. The van der Waals surface area contributed by atoms with Crippen molar-refractivity contribution in [2.24, 2.45) is 0 Å². The molecule has 0 radical (unpaired) electrons. The van der Waals surface area contributed by atoms with Crippen LogP contribution in [0.15, 0.2) is 24.4 Å². The molecule has 112 valence electrons. The molecule has 1 aromatic carbocycles. The summed E-state index contributed by atoms with van der Waals surface area (Å²) in [4.78, 5) is 17.4. The van der Waals surface area contributed by atoms with Gasteiger partial charge in [0.1, 0.15) is 5.75 Å².